The summed E-state index contributed by atoms with van der Waals surface area (Å²) in [5, 5.41) is 3.09. The molecule has 1 heterocycles. The standard InChI is InChI=1S/C24H34N4O/c1-4-27(22-9-5-7-20(2)17-22)12-11-25-24(29)19-26-13-15-28(16-14-26)23-10-6-8-21(3)18-23/h5-10,17-18H,4,11-16,19H2,1-3H3,(H,25,29). The summed E-state index contributed by atoms with van der Waals surface area (Å²) in [7, 11) is 0. The van der Waals surface area contributed by atoms with Crippen LogP contribution in [0.5, 0.6) is 0 Å². The number of likely N-dealkylation sites (N-methyl/N-ethyl adjacent to an activating group) is 1. The first-order valence-corrected chi connectivity index (χ1v) is 10.7. The molecule has 3 rings (SSSR count). The minimum Gasteiger partial charge on any atom is -0.370 e. The zero-order chi connectivity index (χ0) is 20.6. The number of anilines is 2. The fourth-order valence-electron chi connectivity index (χ4n) is 3.87. The van der Waals surface area contributed by atoms with Crippen LogP contribution in [0.3, 0.4) is 0 Å². The van der Waals surface area contributed by atoms with Gasteiger partial charge in [-0.3, -0.25) is 9.69 Å². The third-order valence-electron chi connectivity index (χ3n) is 5.56. The summed E-state index contributed by atoms with van der Waals surface area (Å²) in [6.45, 7) is 13.1. The second kappa shape index (κ2) is 10.3. The average Bonchev–Trinajstić information content (AvgIpc) is 2.72. The lowest BCUT2D eigenvalue weighted by Crippen LogP contribution is -2.50. The Hall–Kier alpha value is -2.53. The monoisotopic (exact) mass is 394 g/mol. The van der Waals surface area contributed by atoms with Crippen LogP contribution in [0.4, 0.5) is 11.4 Å². The van der Waals surface area contributed by atoms with E-state index in [4.69, 9.17) is 0 Å². The predicted molar refractivity (Wildman–Crippen MR) is 122 cm³/mol. The summed E-state index contributed by atoms with van der Waals surface area (Å²) in [6, 6.07) is 17.2. The number of carbonyl (C=O) groups excluding carboxylic acids is 1. The first-order chi connectivity index (χ1) is 14.0. The van der Waals surface area contributed by atoms with E-state index in [0.29, 0.717) is 13.1 Å². The molecule has 5 heteroatoms. The molecule has 156 valence electrons. The van der Waals surface area contributed by atoms with Gasteiger partial charge in [0.15, 0.2) is 0 Å². The van der Waals surface area contributed by atoms with Gasteiger partial charge < -0.3 is 15.1 Å². The molecule has 2 aromatic carbocycles. The third-order valence-corrected chi connectivity index (χ3v) is 5.56. The minimum absolute atomic E-state index is 0.120. The highest BCUT2D eigenvalue weighted by Gasteiger charge is 2.19. The third kappa shape index (κ3) is 6.23. The Labute approximate surface area is 175 Å². The van der Waals surface area contributed by atoms with Crippen LogP contribution in [0.25, 0.3) is 0 Å². The van der Waals surface area contributed by atoms with Gasteiger partial charge in [0.05, 0.1) is 6.54 Å². The maximum atomic E-state index is 12.4. The molecule has 0 aliphatic carbocycles. The highest BCUT2D eigenvalue weighted by atomic mass is 16.2. The lowest BCUT2D eigenvalue weighted by molar-refractivity contribution is -0.122. The maximum Gasteiger partial charge on any atom is 0.234 e. The van der Waals surface area contributed by atoms with Gasteiger partial charge in [-0.2, -0.15) is 0 Å². The maximum absolute atomic E-state index is 12.4. The van der Waals surface area contributed by atoms with E-state index in [2.05, 4.69) is 89.3 Å². The first-order valence-electron chi connectivity index (χ1n) is 10.7. The molecule has 0 unspecified atom stereocenters. The molecule has 1 fully saturated rings. The molecule has 0 spiro atoms. The van der Waals surface area contributed by atoms with Crippen molar-refractivity contribution in [3.05, 3.63) is 59.7 Å². The number of piperazine rings is 1. The fourth-order valence-corrected chi connectivity index (χ4v) is 3.87. The van der Waals surface area contributed by atoms with Crippen molar-refractivity contribution in [1.82, 2.24) is 10.2 Å². The van der Waals surface area contributed by atoms with Crippen LogP contribution < -0.4 is 15.1 Å². The number of rotatable bonds is 8. The number of carbonyl (C=O) groups is 1. The summed E-state index contributed by atoms with van der Waals surface area (Å²) in [6.07, 6.45) is 0. The second-order valence-corrected chi connectivity index (χ2v) is 7.87. The normalized spacial score (nSPS) is 14.7. The molecular formula is C24H34N4O. The van der Waals surface area contributed by atoms with Crippen molar-refractivity contribution in [2.24, 2.45) is 0 Å². The van der Waals surface area contributed by atoms with Gasteiger partial charge in [0.25, 0.3) is 0 Å². The average molecular weight is 395 g/mol. The molecule has 0 bridgehead atoms. The number of hydrogen-bond donors (Lipinski definition) is 1. The summed E-state index contributed by atoms with van der Waals surface area (Å²) >= 11 is 0. The van der Waals surface area contributed by atoms with Crippen LogP contribution in [-0.2, 0) is 4.79 Å². The minimum atomic E-state index is 0.120. The molecule has 5 nitrogen and oxygen atoms in total. The highest BCUT2D eigenvalue weighted by molar-refractivity contribution is 5.78. The van der Waals surface area contributed by atoms with Crippen molar-refractivity contribution in [3.63, 3.8) is 0 Å². The van der Waals surface area contributed by atoms with Gasteiger partial charge in [-0.15, -0.1) is 0 Å². The first kappa shape index (κ1) is 21.2. The Balaban J connectivity index is 1.39. The van der Waals surface area contributed by atoms with E-state index < -0.39 is 0 Å². The van der Waals surface area contributed by atoms with E-state index in [-0.39, 0.29) is 5.91 Å². The number of aryl methyl sites for hydroxylation is 2. The lowest BCUT2D eigenvalue weighted by Gasteiger charge is -2.35. The van der Waals surface area contributed by atoms with Crippen molar-refractivity contribution in [2.45, 2.75) is 20.8 Å². The Kier molecular flexibility index (Phi) is 7.53. The van der Waals surface area contributed by atoms with Crippen LogP contribution >= 0.6 is 0 Å². The van der Waals surface area contributed by atoms with Crippen molar-refractivity contribution >= 4 is 17.3 Å². The SMILES string of the molecule is CCN(CCNC(=O)CN1CCN(c2cccc(C)c2)CC1)c1cccc(C)c1. The van der Waals surface area contributed by atoms with Crippen molar-refractivity contribution in [2.75, 3.05) is 62.2 Å². The van der Waals surface area contributed by atoms with Gasteiger partial charge in [0.2, 0.25) is 5.91 Å². The molecule has 1 saturated heterocycles. The van der Waals surface area contributed by atoms with E-state index in [0.717, 1.165) is 39.3 Å². The van der Waals surface area contributed by atoms with Crippen molar-refractivity contribution in [3.8, 4) is 0 Å². The van der Waals surface area contributed by atoms with Crippen molar-refractivity contribution < 1.29 is 4.79 Å². The summed E-state index contributed by atoms with van der Waals surface area (Å²) in [5.41, 5.74) is 5.05. The Morgan fingerprint density at radius 2 is 1.69 bits per heavy atom. The summed E-state index contributed by atoms with van der Waals surface area (Å²) in [5.74, 6) is 0.120. The molecule has 0 aromatic heterocycles. The van der Waals surface area contributed by atoms with Crippen LogP contribution in [0.1, 0.15) is 18.1 Å². The van der Waals surface area contributed by atoms with Gasteiger partial charge in [0, 0.05) is 57.2 Å². The molecule has 29 heavy (non-hydrogen) atoms. The molecule has 0 atom stereocenters. The largest absolute Gasteiger partial charge is 0.370 e. The number of nitrogens with zero attached hydrogens (tertiary/aromatic N) is 3. The summed E-state index contributed by atoms with van der Waals surface area (Å²) < 4.78 is 0. The Morgan fingerprint density at radius 1 is 1.00 bits per heavy atom. The number of hydrogen-bond acceptors (Lipinski definition) is 4. The molecule has 1 aliphatic rings. The fraction of sp³-hybridized carbons (Fsp3) is 0.458. The molecule has 1 amide bonds. The van der Waals surface area contributed by atoms with Crippen LogP contribution in [0.2, 0.25) is 0 Å². The zero-order valence-electron chi connectivity index (χ0n) is 18.0. The zero-order valence-corrected chi connectivity index (χ0v) is 18.0. The summed E-state index contributed by atoms with van der Waals surface area (Å²) in [4.78, 5) is 19.3. The molecular weight excluding hydrogens is 360 g/mol. The Morgan fingerprint density at radius 3 is 2.34 bits per heavy atom. The highest BCUT2D eigenvalue weighted by Crippen LogP contribution is 2.18. The van der Waals surface area contributed by atoms with Gasteiger partial charge in [-0.05, 0) is 56.2 Å². The molecule has 1 N–H and O–H groups in total. The lowest BCUT2D eigenvalue weighted by atomic mass is 10.2. The molecule has 2 aromatic rings. The van der Waals surface area contributed by atoms with E-state index in [1.807, 2.05) is 0 Å². The predicted octanol–water partition coefficient (Wildman–Crippen LogP) is 3.07. The molecule has 1 aliphatic heterocycles. The van der Waals surface area contributed by atoms with Gasteiger partial charge in [-0.25, -0.2) is 0 Å². The van der Waals surface area contributed by atoms with E-state index in [1.165, 1.54) is 22.5 Å². The van der Waals surface area contributed by atoms with Crippen LogP contribution in [0.15, 0.2) is 48.5 Å². The quantitative estimate of drug-likeness (QED) is 0.747. The van der Waals surface area contributed by atoms with E-state index in [9.17, 15) is 4.79 Å². The van der Waals surface area contributed by atoms with Gasteiger partial charge in [-0.1, -0.05) is 24.3 Å². The van der Waals surface area contributed by atoms with Crippen LogP contribution in [-0.4, -0.2) is 63.2 Å². The topological polar surface area (TPSA) is 38.8 Å². The number of amides is 1. The number of benzene rings is 2. The smallest absolute Gasteiger partial charge is 0.234 e. The van der Waals surface area contributed by atoms with E-state index >= 15 is 0 Å². The van der Waals surface area contributed by atoms with Gasteiger partial charge in [0.1, 0.15) is 0 Å². The Bertz CT molecular complexity index is 799. The number of nitrogens with one attached hydrogen (secondary N) is 1. The van der Waals surface area contributed by atoms with E-state index in [1.54, 1.807) is 0 Å². The van der Waals surface area contributed by atoms with Crippen molar-refractivity contribution in [1.29, 1.82) is 0 Å². The van der Waals surface area contributed by atoms with Crippen LogP contribution in [0, 0.1) is 13.8 Å². The molecule has 0 saturated carbocycles. The molecule has 0 radical (unpaired) electrons. The second-order valence-electron chi connectivity index (χ2n) is 7.87. The van der Waals surface area contributed by atoms with Gasteiger partial charge >= 0.3 is 0 Å².